The highest BCUT2D eigenvalue weighted by Crippen LogP contribution is 2.27. The van der Waals surface area contributed by atoms with Crippen molar-refractivity contribution in [3.63, 3.8) is 0 Å². The third-order valence-corrected chi connectivity index (χ3v) is 4.99. The fourth-order valence-corrected chi connectivity index (χ4v) is 3.48. The molecule has 0 saturated heterocycles. The van der Waals surface area contributed by atoms with Crippen LogP contribution in [0, 0.1) is 17.0 Å². The second-order valence-corrected chi connectivity index (χ2v) is 7.27. The second kappa shape index (κ2) is 6.70. The van der Waals surface area contributed by atoms with Crippen molar-refractivity contribution in [3.05, 3.63) is 76.2 Å². The van der Waals surface area contributed by atoms with Crippen LogP contribution in [-0.4, -0.2) is 22.9 Å². The van der Waals surface area contributed by atoms with Crippen LogP contribution < -0.4 is 5.14 Å². The minimum atomic E-state index is -3.84. The Morgan fingerprint density at radius 3 is 2.42 bits per heavy atom. The number of primary sulfonamides is 1. The van der Waals surface area contributed by atoms with Gasteiger partial charge in [-0.25, -0.2) is 23.1 Å². The number of hydrogen-bond donors (Lipinski definition) is 1. The normalized spacial score (nSPS) is 11.5. The quantitative estimate of drug-likeness (QED) is 0.545. The number of imidazole rings is 1. The van der Waals surface area contributed by atoms with Gasteiger partial charge in [0.1, 0.15) is 12.7 Å². The van der Waals surface area contributed by atoms with Gasteiger partial charge in [-0.15, -0.1) is 0 Å². The number of nitrogens with two attached hydrogens (primary N) is 1. The highest BCUT2D eigenvalue weighted by molar-refractivity contribution is 7.89. The smallest absolute Gasteiger partial charge is 0.343 e. The van der Waals surface area contributed by atoms with Crippen LogP contribution in [0.15, 0.2) is 59.6 Å². The van der Waals surface area contributed by atoms with Gasteiger partial charge in [-0.2, -0.15) is 0 Å². The van der Waals surface area contributed by atoms with Crippen LogP contribution in [0.5, 0.6) is 0 Å². The number of aryl methyl sites for hydroxylation is 1. The Morgan fingerprint density at radius 2 is 1.81 bits per heavy atom. The molecule has 0 amide bonds. The van der Waals surface area contributed by atoms with Crippen LogP contribution in [0.3, 0.4) is 0 Å². The highest BCUT2D eigenvalue weighted by Gasteiger charge is 2.18. The first-order valence-electron chi connectivity index (χ1n) is 7.65. The molecule has 0 fully saturated rings. The van der Waals surface area contributed by atoms with Gasteiger partial charge in [-0.05, 0) is 22.1 Å². The Hall–Kier alpha value is -3.04. The average Bonchev–Trinajstić information content (AvgIpc) is 2.96. The van der Waals surface area contributed by atoms with Crippen LogP contribution in [0.4, 0.5) is 5.82 Å². The molecular weight excluding hydrogens is 356 g/mol. The van der Waals surface area contributed by atoms with E-state index in [-0.39, 0.29) is 10.7 Å². The van der Waals surface area contributed by atoms with Crippen LogP contribution in [0.25, 0.3) is 11.1 Å². The molecule has 0 bridgehead atoms. The largest absolute Gasteiger partial charge is 0.358 e. The predicted molar refractivity (Wildman–Crippen MR) is 96.0 cm³/mol. The van der Waals surface area contributed by atoms with Crippen molar-refractivity contribution in [1.29, 1.82) is 0 Å². The van der Waals surface area contributed by atoms with Gasteiger partial charge >= 0.3 is 5.82 Å². The predicted octanol–water partition coefficient (Wildman–Crippen LogP) is 2.46. The third-order valence-electron chi connectivity index (χ3n) is 4.02. The average molecular weight is 372 g/mol. The van der Waals surface area contributed by atoms with E-state index in [9.17, 15) is 18.5 Å². The minimum absolute atomic E-state index is 0.0499. The molecule has 1 aromatic heterocycles. The lowest BCUT2D eigenvalue weighted by Crippen LogP contribution is -2.13. The molecule has 0 aliphatic rings. The third kappa shape index (κ3) is 3.48. The van der Waals surface area contributed by atoms with E-state index in [4.69, 9.17) is 5.14 Å². The molecule has 1 heterocycles. The van der Waals surface area contributed by atoms with E-state index in [1.54, 1.807) is 49.4 Å². The first-order valence-corrected chi connectivity index (χ1v) is 9.19. The van der Waals surface area contributed by atoms with E-state index in [1.165, 1.54) is 16.8 Å². The lowest BCUT2D eigenvalue weighted by molar-refractivity contribution is -0.392. The van der Waals surface area contributed by atoms with Crippen LogP contribution in [-0.2, 0) is 16.6 Å². The fourth-order valence-electron chi connectivity index (χ4n) is 2.72. The van der Waals surface area contributed by atoms with Gasteiger partial charge in [0.25, 0.3) is 0 Å². The molecular formula is C17H16N4O4S. The summed E-state index contributed by atoms with van der Waals surface area (Å²) in [4.78, 5) is 14.6. The van der Waals surface area contributed by atoms with Gasteiger partial charge in [0.15, 0.2) is 5.82 Å². The van der Waals surface area contributed by atoms with Crippen LogP contribution >= 0.6 is 0 Å². The number of aromatic nitrogens is 2. The fraction of sp³-hybridized carbons (Fsp3) is 0.118. The van der Waals surface area contributed by atoms with Crippen LogP contribution in [0.2, 0.25) is 0 Å². The van der Waals surface area contributed by atoms with E-state index >= 15 is 0 Å². The second-order valence-electron chi connectivity index (χ2n) is 5.74. The van der Waals surface area contributed by atoms with Crippen molar-refractivity contribution in [1.82, 2.24) is 9.55 Å². The molecule has 2 N–H and O–H groups in total. The summed E-state index contributed by atoms with van der Waals surface area (Å²) in [5.41, 5.74) is 2.02. The molecule has 8 nitrogen and oxygen atoms in total. The summed E-state index contributed by atoms with van der Waals surface area (Å²) < 4.78 is 25.0. The molecule has 26 heavy (non-hydrogen) atoms. The van der Waals surface area contributed by atoms with Gasteiger partial charge in [0.2, 0.25) is 10.0 Å². The maximum atomic E-state index is 11.7. The molecule has 0 saturated carbocycles. The van der Waals surface area contributed by atoms with E-state index in [2.05, 4.69) is 4.98 Å². The molecule has 0 aliphatic heterocycles. The molecule has 0 radical (unpaired) electrons. The first-order chi connectivity index (χ1) is 12.3. The SMILES string of the molecule is Cc1ncc([N+](=O)[O-])n1Cc1ccc(-c2ccccc2S(N)(=O)=O)cc1. The molecule has 2 aromatic carbocycles. The lowest BCUT2D eigenvalue weighted by Gasteiger charge is -2.09. The number of nitrogens with zero attached hydrogens (tertiary/aromatic N) is 3. The zero-order chi connectivity index (χ0) is 18.9. The van der Waals surface area contributed by atoms with Gasteiger partial charge in [-0.3, -0.25) is 0 Å². The van der Waals surface area contributed by atoms with Crippen molar-refractivity contribution in [3.8, 4) is 11.1 Å². The van der Waals surface area contributed by atoms with Crippen LogP contribution in [0.1, 0.15) is 11.4 Å². The van der Waals surface area contributed by atoms with Crippen molar-refractivity contribution in [2.24, 2.45) is 5.14 Å². The van der Waals surface area contributed by atoms with E-state index in [1.807, 2.05) is 0 Å². The van der Waals surface area contributed by atoms with Gasteiger partial charge in [0.05, 0.1) is 4.90 Å². The summed E-state index contributed by atoms with van der Waals surface area (Å²) in [7, 11) is -3.84. The summed E-state index contributed by atoms with van der Waals surface area (Å²) >= 11 is 0. The number of nitro groups is 1. The Bertz CT molecular complexity index is 1070. The summed E-state index contributed by atoms with van der Waals surface area (Å²) in [6, 6.07) is 13.6. The van der Waals surface area contributed by atoms with Crippen molar-refractivity contribution in [2.45, 2.75) is 18.4 Å². The highest BCUT2D eigenvalue weighted by atomic mass is 32.2. The summed E-state index contributed by atoms with van der Waals surface area (Å²) in [6.45, 7) is 1.99. The molecule has 9 heteroatoms. The molecule has 3 aromatic rings. The zero-order valence-corrected chi connectivity index (χ0v) is 14.7. The maximum absolute atomic E-state index is 11.7. The molecule has 0 aliphatic carbocycles. The topological polar surface area (TPSA) is 121 Å². The Kier molecular flexibility index (Phi) is 4.58. The number of rotatable bonds is 5. The lowest BCUT2D eigenvalue weighted by atomic mass is 10.0. The van der Waals surface area contributed by atoms with E-state index in [0.29, 0.717) is 23.5 Å². The minimum Gasteiger partial charge on any atom is -0.358 e. The van der Waals surface area contributed by atoms with Gasteiger partial charge in [0, 0.05) is 12.5 Å². The summed E-state index contributed by atoms with van der Waals surface area (Å²) in [5.74, 6) is 0.464. The Labute approximate surface area is 150 Å². The monoisotopic (exact) mass is 372 g/mol. The summed E-state index contributed by atoms with van der Waals surface area (Å²) in [6.07, 6.45) is 1.23. The van der Waals surface area contributed by atoms with Gasteiger partial charge in [-0.1, -0.05) is 42.5 Å². The maximum Gasteiger partial charge on any atom is 0.343 e. The zero-order valence-electron chi connectivity index (χ0n) is 13.9. The van der Waals surface area contributed by atoms with Crippen molar-refractivity contribution < 1.29 is 13.3 Å². The van der Waals surface area contributed by atoms with E-state index < -0.39 is 14.9 Å². The van der Waals surface area contributed by atoms with Crippen molar-refractivity contribution in [2.75, 3.05) is 0 Å². The van der Waals surface area contributed by atoms with E-state index in [0.717, 1.165) is 5.56 Å². The number of hydrogen-bond acceptors (Lipinski definition) is 5. The molecule has 0 unspecified atom stereocenters. The van der Waals surface area contributed by atoms with Crippen molar-refractivity contribution >= 4 is 15.8 Å². The van der Waals surface area contributed by atoms with Gasteiger partial charge < -0.3 is 10.1 Å². The standard InChI is InChI=1S/C17H16N4O4S/c1-12-19-10-17(21(22)23)20(12)11-13-6-8-14(9-7-13)15-4-2-3-5-16(15)26(18,24)25/h2-10H,11H2,1H3,(H2,18,24,25). The molecule has 0 spiro atoms. The Morgan fingerprint density at radius 1 is 1.15 bits per heavy atom. The number of sulfonamides is 1. The molecule has 3 rings (SSSR count). The first kappa shape index (κ1) is 17.8. The molecule has 0 atom stereocenters. The summed E-state index contributed by atoms with van der Waals surface area (Å²) in [5, 5.41) is 16.3. The number of benzene rings is 2. The molecule has 134 valence electrons. The Balaban J connectivity index is 1.94.